The monoisotopic (exact) mass is 519 g/mol. The van der Waals surface area contributed by atoms with Gasteiger partial charge in [-0.2, -0.15) is 23.0 Å². The summed E-state index contributed by atoms with van der Waals surface area (Å²) in [5.41, 5.74) is 1.90. The molecule has 12 heteroatoms. The number of hydrogen-bond donors (Lipinski definition) is 2. The molecule has 1 fully saturated rings. The largest absolute Gasteiger partial charge is 0.493 e. The van der Waals surface area contributed by atoms with Crippen molar-refractivity contribution in [3.63, 3.8) is 0 Å². The summed E-state index contributed by atoms with van der Waals surface area (Å²) in [6.07, 6.45) is -1.71. The summed E-state index contributed by atoms with van der Waals surface area (Å²) < 4.78 is 65.7. The fraction of sp³-hybridized carbons (Fsp3) is 0.333. The number of alkyl halides is 3. The van der Waals surface area contributed by atoms with Crippen molar-refractivity contribution in [1.82, 2.24) is 24.1 Å². The highest BCUT2D eigenvalue weighted by Gasteiger charge is 2.31. The van der Waals surface area contributed by atoms with Gasteiger partial charge in [-0.15, -0.1) is 0 Å². The third-order valence-corrected chi connectivity index (χ3v) is 7.86. The van der Waals surface area contributed by atoms with Gasteiger partial charge in [-0.05, 0) is 49.4 Å². The number of fused-ring (bicyclic) bond motifs is 1. The highest BCUT2D eigenvalue weighted by atomic mass is 32.2. The zero-order chi connectivity index (χ0) is 25.7. The zero-order valence-corrected chi connectivity index (χ0v) is 20.1. The van der Waals surface area contributed by atoms with Crippen molar-refractivity contribution in [3.8, 4) is 23.1 Å². The average Bonchev–Trinajstić information content (AvgIpc) is 3.40. The van der Waals surface area contributed by atoms with Crippen molar-refractivity contribution in [1.29, 1.82) is 0 Å². The molecule has 0 saturated carbocycles. The Hall–Kier alpha value is -3.38. The molecule has 1 saturated heterocycles. The van der Waals surface area contributed by atoms with Gasteiger partial charge in [0.1, 0.15) is 5.69 Å². The minimum absolute atomic E-state index is 0.0652. The molecule has 0 unspecified atom stereocenters. The molecule has 5 rings (SSSR count). The van der Waals surface area contributed by atoms with E-state index in [1.165, 1.54) is 27.4 Å². The van der Waals surface area contributed by atoms with Crippen LogP contribution < -0.4 is 0 Å². The number of aromatic nitrogens is 4. The minimum atomic E-state index is -4.47. The van der Waals surface area contributed by atoms with Crippen LogP contribution in [-0.2, 0) is 22.6 Å². The molecule has 2 aromatic heterocycles. The molecule has 2 aromatic carbocycles. The van der Waals surface area contributed by atoms with Crippen LogP contribution in [-0.4, -0.2) is 56.9 Å². The third kappa shape index (κ3) is 4.70. The number of piperidine rings is 1. The first kappa shape index (κ1) is 24.3. The molecule has 0 spiro atoms. The number of H-pyrrole nitrogens is 1. The van der Waals surface area contributed by atoms with Gasteiger partial charge in [0.2, 0.25) is 21.9 Å². The second kappa shape index (κ2) is 8.93. The maximum absolute atomic E-state index is 13.1. The number of sulfonamides is 1. The van der Waals surface area contributed by atoms with Crippen LogP contribution in [0, 0.1) is 5.92 Å². The molecular formula is C24H24F3N5O3S. The minimum Gasteiger partial charge on any atom is -0.493 e. The SMILES string of the molecule is CS(=O)(=O)N1CCC(Cc2c(-c3ccc(C(F)(F)F)cc3)nn(-c3nc4ccccc4[nH]3)c2O)CC1. The summed E-state index contributed by atoms with van der Waals surface area (Å²) in [6.45, 7) is 0.745. The molecule has 3 heterocycles. The molecule has 4 aromatic rings. The normalized spacial score (nSPS) is 16.1. The fourth-order valence-electron chi connectivity index (χ4n) is 4.60. The van der Waals surface area contributed by atoms with Gasteiger partial charge in [0, 0.05) is 24.2 Å². The highest BCUT2D eigenvalue weighted by molar-refractivity contribution is 7.88. The molecule has 0 atom stereocenters. The summed E-state index contributed by atoms with van der Waals surface area (Å²) in [7, 11) is -3.28. The molecule has 190 valence electrons. The van der Waals surface area contributed by atoms with Gasteiger partial charge < -0.3 is 10.1 Å². The predicted octanol–water partition coefficient (Wildman–Crippen LogP) is 4.35. The quantitative estimate of drug-likeness (QED) is 0.408. The van der Waals surface area contributed by atoms with Gasteiger partial charge in [0.25, 0.3) is 0 Å². The first-order valence-electron chi connectivity index (χ1n) is 11.4. The summed E-state index contributed by atoms with van der Waals surface area (Å²) in [6, 6.07) is 12.0. The number of rotatable bonds is 5. The molecule has 2 N–H and O–H groups in total. The van der Waals surface area contributed by atoms with E-state index in [0.717, 1.165) is 17.6 Å². The number of hydrogen-bond acceptors (Lipinski definition) is 5. The Bertz CT molecular complexity index is 1470. The standard InChI is InChI=1S/C24H24F3N5O3S/c1-36(34,35)31-12-10-15(11-13-31)14-18-21(16-6-8-17(9-7-16)24(25,26)27)30-32(22(18)33)23-28-19-4-2-3-5-20(19)29-23/h2-9,15,33H,10-14H2,1H3,(H,28,29). The number of nitrogens with one attached hydrogen (secondary N) is 1. The van der Waals surface area contributed by atoms with E-state index in [-0.39, 0.29) is 17.7 Å². The van der Waals surface area contributed by atoms with Crippen molar-refractivity contribution >= 4 is 21.1 Å². The second-order valence-corrected chi connectivity index (χ2v) is 11.0. The van der Waals surface area contributed by atoms with Crippen molar-refractivity contribution in [2.45, 2.75) is 25.4 Å². The lowest BCUT2D eigenvalue weighted by atomic mass is 9.90. The van der Waals surface area contributed by atoms with Crippen LogP contribution in [0.1, 0.15) is 24.0 Å². The van der Waals surface area contributed by atoms with Crippen molar-refractivity contribution in [3.05, 3.63) is 59.7 Å². The number of imidazole rings is 1. The fourth-order valence-corrected chi connectivity index (χ4v) is 5.47. The maximum Gasteiger partial charge on any atom is 0.416 e. The van der Waals surface area contributed by atoms with Gasteiger partial charge in [-0.25, -0.2) is 17.7 Å². The molecule has 0 aliphatic carbocycles. The number of halogens is 3. The Labute approximate surface area is 205 Å². The van der Waals surface area contributed by atoms with E-state index in [1.54, 1.807) is 0 Å². The van der Waals surface area contributed by atoms with Crippen LogP contribution in [0.25, 0.3) is 28.2 Å². The summed E-state index contributed by atoms with van der Waals surface area (Å²) in [4.78, 5) is 7.59. The van der Waals surface area contributed by atoms with E-state index < -0.39 is 21.8 Å². The smallest absolute Gasteiger partial charge is 0.416 e. The summed E-state index contributed by atoms with van der Waals surface area (Å²) in [5, 5.41) is 15.7. The van der Waals surface area contributed by atoms with Crippen LogP contribution in [0.5, 0.6) is 5.88 Å². The van der Waals surface area contributed by atoms with Gasteiger partial charge in [-0.3, -0.25) is 0 Å². The van der Waals surface area contributed by atoms with E-state index in [2.05, 4.69) is 15.1 Å². The lowest BCUT2D eigenvalue weighted by molar-refractivity contribution is -0.137. The van der Waals surface area contributed by atoms with E-state index in [4.69, 9.17) is 0 Å². The molecule has 1 aliphatic heterocycles. The maximum atomic E-state index is 13.1. The molecule has 0 radical (unpaired) electrons. The Morgan fingerprint density at radius 2 is 1.75 bits per heavy atom. The number of nitrogens with zero attached hydrogens (tertiary/aromatic N) is 4. The van der Waals surface area contributed by atoms with E-state index in [0.29, 0.717) is 54.7 Å². The lowest BCUT2D eigenvalue weighted by Crippen LogP contribution is -2.38. The molecule has 36 heavy (non-hydrogen) atoms. The van der Waals surface area contributed by atoms with Gasteiger partial charge in [0.05, 0.1) is 22.9 Å². The molecule has 0 bridgehead atoms. The predicted molar refractivity (Wildman–Crippen MR) is 128 cm³/mol. The van der Waals surface area contributed by atoms with Crippen molar-refractivity contribution in [2.24, 2.45) is 5.92 Å². The highest BCUT2D eigenvalue weighted by Crippen LogP contribution is 2.37. The van der Waals surface area contributed by atoms with Crippen molar-refractivity contribution in [2.75, 3.05) is 19.3 Å². The molecule has 0 amide bonds. The third-order valence-electron chi connectivity index (χ3n) is 6.55. The average molecular weight is 520 g/mol. The van der Waals surface area contributed by atoms with E-state index >= 15 is 0 Å². The van der Waals surface area contributed by atoms with Gasteiger partial charge in [0.15, 0.2) is 0 Å². The molecule has 1 aliphatic rings. The van der Waals surface area contributed by atoms with Crippen molar-refractivity contribution < 1.29 is 26.7 Å². The number of aromatic amines is 1. The number of aromatic hydroxyl groups is 1. The van der Waals surface area contributed by atoms with Gasteiger partial charge in [-0.1, -0.05) is 24.3 Å². The molecular weight excluding hydrogens is 495 g/mol. The van der Waals surface area contributed by atoms with Crippen LogP contribution in [0.15, 0.2) is 48.5 Å². The second-order valence-electron chi connectivity index (χ2n) is 9.02. The van der Waals surface area contributed by atoms with Crippen LogP contribution in [0.2, 0.25) is 0 Å². The van der Waals surface area contributed by atoms with Crippen LogP contribution in [0.4, 0.5) is 13.2 Å². The number of benzene rings is 2. The van der Waals surface area contributed by atoms with Crippen LogP contribution >= 0.6 is 0 Å². The Balaban J connectivity index is 1.53. The Kier molecular flexibility index (Phi) is 6.03. The van der Waals surface area contributed by atoms with Gasteiger partial charge >= 0.3 is 6.18 Å². The summed E-state index contributed by atoms with van der Waals surface area (Å²) in [5.74, 6) is 0.185. The van der Waals surface area contributed by atoms with E-state index in [1.807, 2.05) is 24.3 Å². The number of para-hydroxylation sites is 2. The topological polar surface area (TPSA) is 104 Å². The van der Waals surface area contributed by atoms with Crippen LogP contribution in [0.3, 0.4) is 0 Å². The lowest BCUT2D eigenvalue weighted by Gasteiger charge is -2.30. The van der Waals surface area contributed by atoms with E-state index in [9.17, 15) is 26.7 Å². The molecule has 8 nitrogen and oxygen atoms in total. The first-order chi connectivity index (χ1) is 17.0. The zero-order valence-electron chi connectivity index (χ0n) is 19.3. The first-order valence-corrected chi connectivity index (χ1v) is 13.2. The summed E-state index contributed by atoms with van der Waals surface area (Å²) >= 11 is 0. The Morgan fingerprint density at radius 1 is 1.08 bits per heavy atom. The Morgan fingerprint density at radius 3 is 2.36 bits per heavy atom.